The molecule has 0 aromatic carbocycles. The third kappa shape index (κ3) is 1.43. The lowest BCUT2D eigenvalue weighted by Gasteiger charge is -2.26. The van der Waals surface area contributed by atoms with Crippen LogP contribution in [0.1, 0.15) is 6.42 Å². The van der Waals surface area contributed by atoms with E-state index in [4.69, 9.17) is 11.6 Å². The molecule has 0 saturated carbocycles. The van der Waals surface area contributed by atoms with Crippen LogP contribution in [0, 0.1) is 0 Å². The maximum Gasteiger partial charge on any atom is 0.322 e. The Labute approximate surface area is 86.6 Å². The summed E-state index contributed by atoms with van der Waals surface area (Å²) in [4.78, 5) is 13.1. The second-order valence-corrected chi connectivity index (χ2v) is 3.54. The zero-order valence-electron chi connectivity index (χ0n) is 7.83. The van der Waals surface area contributed by atoms with E-state index in [1.54, 1.807) is 22.8 Å². The lowest BCUT2D eigenvalue weighted by atomic mass is 10.3. The number of anilines is 1. The van der Waals surface area contributed by atoms with Crippen molar-refractivity contribution in [3.63, 3.8) is 0 Å². The first kappa shape index (κ1) is 9.33. The second kappa shape index (κ2) is 3.49. The number of aromatic nitrogens is 2. The fourth-order valence-corrected chi connectivity index (χ4v) is 1.65. The molecule has 1 aliphatic rings. The number of urea groups is 1. The van der Waals surface area contributed by atoms with E-state index >= 15 is 0 Å². The summed E-state index contributed by atoms with van der Waals surface area (Å²) in [5, 5.41) is 7.24. The molecule has 6 heteroatoms. The molecular weight excluding hydrogens is 204 g/mol. The van der Waals surface area contributed by atoms with E-state index < -0.39 is 0 Å². The molecule has 1 aliphatic heterocycles. The van der Waals surface area contributed by atoms with Gasteiger partial charge in [0.15, 0.2) is 5.15 Å². The summed E-state index contributed by atoms with van der Waals surface area (Å²) in [5.41, 5.74) is 0.673. The molecule has 1 saturated heterocycles. The smallest absolute Gasteiger partial charge is 0.322 e. The van der Waals surface area contributed by atoms with E-state index in [1.165, 1.54) is 0 Å². The fraction of sp³-hybridized carbons (Fsp3) is 0.500. The predicted octanol–water partition coefficient (Wildman–Crippen LogP) is 0.993. The molecule has 0 bridgehead atoms. The summed E-state index contributed by atoms with van der Waals surface area (Å²) in [7, 11) is 1.74. The molecular formula is C8H11ClN4O. The highest BCUT2D eigenvalue weighted by molar-refractivity contribution is 6.32. The van der Waals surface area contributed by atoms with Crippen LogP contribution < -0.4 is 10.2 Å². The van der Waals surface area contributed by atoms with Crippen molar-refractivity contribution in [2.45, 2.75) is 6.42 Å². The molecule has 0 aliphatic carbocycles. The van der Waals surface area contributed by atoms with Crippen molar-refractivity contribution >= 4 is 23.3 Å². The van der Waals surface area contributed by atoms with Crippen molar-refractivity contribution in [2.75, 3.05) is 18.0 Å². The molecule has 0 atom stereocenters. The number of halogens is 1. The number of nitrogens with one attached hydrogen (secondary N) is 1. The van der Waals surface area contributed by atoms with Gasteiger partial charge < -0.3 is 5.32 Å². The zero-order chi connectivity index (χ0) is 10.1. The highest BCUT2D eigenvalue weighted by Crippen LogP contribution is 2.25. The first-order chi connectivity index (χ1) is 6.70. The van der Waals surface area contributed by atoms with Gasteiger partial charge in [0.05, 0.1) is 6.20 Å². The van der Waals surface area contributed by atoms with Gasteiger partial charge in [0.2, 0.25) is 0 Å². The Hall–Kier alpha value is -1.23. The van der Waals surface area contributed by atoms with Crippen molar-refractivity contribution in [2.24, 2.45) is 7.05 Å². The van der Waals surface area contributed by atoms with Gasteiger partial charge in [-0.25, -0.2) is 4.79 Å². The SMILES string of the molecule is Cn1ncc(N2CCCNC2=O)c1Cl. The Morgan fingerprint density at radius 2 is 2.43 bits per heavy atom. The van der Waals surface area contributed by atoms with Crippen molar-refractivity contribution in [1.29, 1.82) is 0 Å². The molecule has 1 N–H and O–H groups in total. The summed E-state index contributed by atoms with van der Waals surface area (Å²) < 4.78 is 1.54. The van der Waals surface area contributed by atoms with Gasteiger partial charge >= 0.3 is 6.03 Å². The molecule has 2 heterocycles. The Bertz CT molecular complexity index is 362. The second-order valence-electron chi connectivity index (χ2n) is 3.18. The minimum atomic E-state index is -0.105. The van der Waals surface area contributed by atoms with Crippen LogP contribution in [0.3, 0.4) is 0 Å². The van der Waals surface area contributed by atoms with E-state index in [-0.39, 0.29) is 6.03 Å². The maximum absolute atomic E-state index is 11.5. The van der Waals surface area contributed by atoms with Gasteiger partial charge in [-0.15, -0.1) is 0 Å². The number of amides is 2. The molecule has 1 aromatic heterocycles. The fourth-order valence-electron chi connectivity index (χ4n) is 1.45. The van der Waals surface area contributed by atoms with Gasteiger partial charge in [-0.05, 0) is 6.42 Å². The van der Waals surface area contributed by atoms with Crippen molar-refractivity contribution < 1.29 is 4.79 Å². The van der Waals surface area contributed by atoms with Crippen LogP contribution in [-0.4, -0.2) is 28.9 Å². The van der Waals surface area contributed by atoms with Crippen LogP contribution in [0.2, 0.25) is 5.15 Å². The van der Waals surface area contributed by atoms with Crippen LogP contribution in [0.4, 0.5) is 10.5 Å². The minimum absolute atomic E-state index is 0.105. The highest BCUT2D eigenvalue weighted by atomic mass is 35.5. The maximum atomic E-state index is 11.5. The number of rotatable bonds is 1. The van der Waals surface area contributed by atoms with E-state index in [2.05, 4.69) is 10.4 Å². The molecule has 0 unspecified atom stereocenters. The number of carbonyl (C=O) groups is 1. The Kier molecular flexibility index (Phi) is 2.33. The lowest BCUT2D eigenvalue weighted by molar-refractivity contribution is 0.243. The average Bonchev–Trinajstić information content (AvgIpc) is 2.49. The summed E-state index contributed by atoms with van der Waals surface area (Å²) in [6, 6.07) is -0.105. The van der Waals surface area contributed by atoms with Crippen molar-refractivity contribution in [3.05, 3.63) is 11.3 Å². The zero-order valence-corrected chi connectivity index (χ0v) is 8.58. The normalized spacial score (nSPS) is 17.0. The van der Waals surface area contributed by atoms with E-state index in [0.717, 1.165) is 13.0 Å². The number of hydrogen-bond donors (Lipinski definition) is 1. The predicted molar refractivity (Wildman–Crippen MR) is 53.6 cm³/mol. The van der Waals surface area contributed by atoms with Crippen LogP contribution >= 0.6 is 11.6 Å². The number of nitrogens with zero attached hydrogens (tertiary/aromatic N) is 3. The van der Waals surface area contributed by atoms with Crippen molar-refractivity contribution in [3.8, 4) is 0 Å². The highest BCUT2D eigenvalue weighted by Gasteiger charge is 2.23. The molecule has 76 valence electrons. The molecule has 0 radical (unpaired) electrons. The van der Waals surface area contributed by atoms with Gasteiger partial charge in [-0.3, -0.25) is 9.58 Å². The third-order valence-corrected chi connectivity index (χ3v) is 2.66. The van der Waals surface area contributed by atoms with Gasteiger partial charge in [0.1, 0.15) is 5.69 Å². The van der Waals surface area contributed by atoms with Crippen LogP contribution in [0.25, 0.3) is 0 Å². The average molecular weight is 215 g/mol. The summed E-state index contributed by atoms with van der Waals surface area (Å²) >= 11 is 5.99. The first-order valence-electron chi connectivity index (χ1n) is 4.43. The Morgan fingerprint density at radius 1 is 1.64 bits per heavy atom. The molecule has 2 amide bonds. The van der Waals surface area contributed by atoms with Crippen LogP contribution in [0.15, 0.2) is 6.20 Å². The van der Waals surface area contributed by atoms with E-state index in [1.807, 2.05) is 0 Å². The monoisotopic (exact) mass is 214 g/mol. The van der Waals surface area contributed by atoms with Crippen LogP contribution in [-0.2, 0) is 7.05 Å². The summed E-state index contributed by atoms with van der Waals surface area (Å²) in [6.07, 6.45) is 2.53. The molecule has 2 rings (SSSR count). The topological polar surface area (TPSA) is 50.2 Å². The number of carbonyl (C=O) groups excluding carboxylic acids is 1. The van der Waals surface area contributed by atoms with E-state index in [0.29, 0.717) is 17.4 Å². The van der Waals surface area contributed by atoms with Gasteiger partial charge in [-0.2, -0.15) is 5.10 Å². The summed E-state index contributed by atoms with van der Waals surface area (Å²) in [5.74, 6) is 0. The minimum Gasteiger partial charge on any atom is -0.338 e. The quantitative estimate of drug-likeness (QED) is 0.758. The molecule has 5 nitrogen and oxygen atoms in total. The van der Waals surface area contributed by atoms with Gasteiger partial charge in [0, 0.05) is 20.1 Å². The summed E-state index contributed by atoms with van der Waals surface area (Å²) in [6.45, 7) is 1.42. The first-order valence-corrected chi connectivity index (χ1v) is 4.81. The Balaban J connectivity index is 2.29. The largest absolute Gasteiger partial charge is 0.338 e. The third-order valence-electron chi connectivity index (χ3n) is 2.22. The number of hydrogen-bond acceptors (Lipinski definition) is 2. The van der Waals surface area contributed by atoms with Crippen LogP contribution in [0.5, 0.6) is 0 Å². The standard InChI is InChI=1S/C8H11ClN4O/c1-12-7(9)6(5-11-12)13-4-2-3-10-8(13)14/h5H,2-4H2,1H3,(H,10,14). The number of aryl methyl sites for hydroxylation is 1. The Morgan fingerprint density at radius 3 is 3.00 bits per heavy atom. The van der Waals surface area contributed by atoms with Crippen molar-refractivity contribution in [1.82, 2.24) is 15.1 Å². The molecule has 0 spiro atoms. The van der Waals surface area contributed by atoms with Gasteiger partial charge in [-0.1, -0.05) is 11.6 Å². The molecule has 14 heavy (non-hydrogen) atoms. The molecule has 1 fully saturated rings. The lowest BCUT2D eigenvalue weighted by Crippen LogP contribution is -2.46. The van der Waals surface area contributed by atoms with E-state index in [9.17, 15) is 4.79 Å². The van der Waals surface area contributed by atoms with Gasteiger partial charge in [0.25, 0.3) is 0 Å². The molecule has 1 aromatic rings.